The van der Waals surface area contributed by atoms with Gasteiger partial charge in [-0.15, -0.1) is 0 Å². The molecule has 2 aliphatic rings. The highest BCUT2D eigenvalue weighted by Gasteiger charge is 2.41. The van der Waals surface area contributed by atoms with Gasteiger partial charge in [0.1, 0.15) is 19.3 Å². The van der Waals surface area contributed by atoms with Crippen LogP contribution in [0.1, 0.15) is 50.7 Å². The lowest BCUT2D eigenvalue weighted by Crippen LogP contribution is -2.39. The number of rotatable bonds is 3. The molecule has 0 spiro atoms. The molecule has 0 unspecified atom stereocenters. The normalized spacial score (nSPS) is 24.0. The molecule has 4 N–H and O–H groups in total. The van der Waals surface area contributed by atoms with Gasteiger partial charge < -0.3 is 21.2 Å². The summed E-state index contributed by atoms with van der Waals surface area (Å²) < 4.78 is 0. The van der Waals surface area contributed by atoms with Gasteiger partial charge in [0.25, 0.3) is 0 Å². The highest BCUT2D eigenvalue weighted by atomic mass is 16.6. The number of oxime groups is 1. The molecule has 1 fully saturated rings. The molecular formula is C22H30N6O. The standard InChI is InChI=1S/C22H30N6O/c1-22(2)18-19(25-12-26-21(18)24)16-10-9-15(11-17(16)20(22)27-29-4)28(3)14-7-5-13(23)6-8-14/h9-14H,5-8,23H2,1-4H3,(H2,24,25,26)/b27-20+/t13-,14-. The molecule has 0 bridgehead atoms. The van der Waals surface area contributed by atoms with Gasteiger partial charge in [0.2, 0.25) is 0 Å². The Hall–Kier alpha value is -2.67. The number of benzene rings is 1. The van der Waals surface area contributed by atoms with Crippen molar-refractivity contribution in [2.24, 2.45) is 10.9 Å². The second kappa shape index (κ2) is 7.30. The van der Waals surface area contributed by atoms with E-state index in [-0.39, 0.29) is 0 Å². The van der Waals surface area contributed by atoms with E-state index >= 15 is 0 Å². The van der Waals surface area contributed by atoms with Crippen molar-refractivity contribution in [2.75, 3.05) is 24.8 Å². The van der Waals surface area contributed by atoms with Crippen LogP contribution < -0.4 is 16.4 Å². The fourth-order valence-electron chi connectivity index (χ4n) is 4.78. The van der Waals surface area contributed by atoms with Crippen molar-refractivity contribution >= 4 is 17.2 Å². The topological polar surface area (TPSA) is 103 Å². The molecule has 154 valence electrons. The van der Waals surface area contributed by atoms with Crippen molar-refractivity contribution in [3.8, 4) is 11.3 Å². The van der Waals surface area contributed by atoms with Crippen LogP contribution in [0.4, 0.5) is 11.5 Å². The average Bonchev–Trinajstić information content (AvgIpc) is 2.70. The van der Waals surface area contributed by atoms with Crippen LogP contribution in [0.3, 0.4) is 0 Å². The lowest BCUT2D eigenvalue weighted by atomic mass is 9.70. The number of nitrogens with zero attached hydrogens (tertiary/aromatic N) is 4. The number of nitrogens with two attached hydrogens (primary N) is 2. The van der Waals surface area contributed by atoms with Crippen LogP contribution in [0.25, 0.3) is 11.3 Å². The van der Waals surface area contributed by atoms with Crippen LogP contribution in [0.15, 0.2) is 29.7 Å². The average molecular weight is 395 g/mol. The van der Waals surface area contributed by atoms with Gasteiger partial charge in [-0.25, -0.2) is 9.97 Å². The Balaban J connectivity index is 1.82. The smallest absolute Gasteiger partial charge is 0.131 e. The van der Waals surface area contributed by atoms with E-state index in [2.05, 4.69) is 59.1 Å². The summed E-state index contributed by atoms with van der Waals surface area (Å²) in [6, 6.07) is 7.30. The van der Waals surface area contributed by atoms with Crippen molar-refractivity contribution in [1.29, 1.82) is 0 Å². The second-order valence-corrected chi connectivity index (χ2v) is 8.64. The van der Waals surface area contributed by atoms with Crippen LogP contribution in [0, 0.1) is 0 Å². The number of aromatic nitrogens is 2. The van der Waals surface area contributed by atoms with Gasteiger partial charge in [-0.05, 0) is 51.7 Å². The summed E-state index contributed by atoms with van der Waals surface area (Å²) in [5.74, 6) is 0.481. The van der Waals surface area contributed by atoms with Crippen molar-refractivity contribution in [1.82, 2.24) is 9.97 Å². The first-order valence-corrected chi connectivity index (χ1v) is 10.2. The SMILES string of the molecule is CO/N=C1\c2cc(N(C)[C@H]3CC[C@H](N)CC3)ccc2-c2ncnc(N)c2C1(C)C. The molecule has 7 heteroatoms. The van der Waals surface area contributed by atoms with E-state index in [9.17, 15) is 0 Å². The van der Waals surface area contributed by atoms with Crippen LogP contribution in [-0.4, -0.2) is 41.9 Å². The zero-order valence-electron chi connectivity index (χ0n) is 17.6. The minimum atomic E-state index is -0.474. The molecule has 2 aromatic rings. The van der Waals surface area contributed by atoms with E-state index < -0.39 is 5.41 Å². The first-order chi connectivity index (χ1) is 13.8. The van der Waals surface area contributed by atoms with Gasteiger partial charge in [0.15, 0.2) is 0 Å². The summed E-state index contributed by atoms with van der Waals surface area (Å²) >= 11 is 0. The van der Waals surface area contributed by atoms with Gasteiger partial charge in [0, 0.05) is 46.9 Å². The maximum absolute atomic E-state index is 6.25. The van der Waals surface area contributed by atoms with Gasteiger partial charge in [-0.3, -0.25) is 0 Å². The van der Waals surface area contributed by atoms with E-state index in [1.54, 1.807) is 7.11 Å². The summed E-state index contributed by atoms with van der Waals surface area (Å²) in [5, 5.41) is 4.41. The van der Waals surface area contributed by atoms with Crippen LogP contribution in [0.5, 0.6) is 0 Å². The first-order valence-electron chi connectivity index (χ1n) is 10.2. The minimum absolute atomic E-state index is 0.339. The Bertz CT molecular complexity index is 946. The minimum Gasteiger partial charge on any atom is -0.399 e. The predicted octanol–water partition coefficient (Wildman–Crippen LogP) is 3.07. The van der Waals surface area contributed by atoms with Gasteiger partial charge >= 0.3 is 0 Å². The molecule has 0 aliphatic heterocycles. The van der Waals surface area contributed by atoms with Crippen molar-refractivity contribution in [3.63, 3.8) is 0 Å². The Morgan fingerprint density at radius 3 is 2.55 bits per heavy atom. The molecule has 0 amide bonds. The van der Waals surface area contributed by atoms with Crippen LogP contribution >= 0.6 is 0 Å². The van der Waals surface area contributed by atoms with Gasteiger partial charge in [-0.1, -0.05) is 11.2 Å². The van der Waals surface area contributed by atoms with Crippen molar-refractivity contribution in [3.05, 3.63) is 35.7 Å². The third-order valence-corrected chi connectivity index (χ3v) is 6.49. The summed E-state index contributed by atoms with van der Waals surface area (Å²) in [6.07, 6.45) is 5.91. The number of anilines is 2. The van der Waals surface area contributed by atoms with E-state index in [4.69, 9.17) is 16.3 Å². The Morgan fingerprint density at radius 1 is 1.14 bits per heavy atom. The second-order valence-electron chi connectivity index (χ2n) is 8.64. The molecule has 1 aromatic carbocycles. The summed E-state index contributed by atoms with van der Waals surface area (Å²) in [6.45, 7) is 4.18. The molecule has 0 radical (unpaired) electrons. The number of nitrogen functional groups attached to an aromatic ring is 1. The summed E-state index contributed by atoms with van der Waals surface area (Å²) in [5.41, 5.74) is 17.7. The maximum Gasteiger partial charge on any atom is 0.131 e. The molecule has 1 saturated carbocycles. The lowest BCUT2D eigenvalue weighted by molar-refractivity contribution is 0.211. The molecule has 1 aromatic heterocycles. The highest BCUT2D eigenvalue weighted by molar-refractivity contribution is 6.16. The maximum atomic E-state index is 6.25. The molecular weight excluding hydrogens is 364 g/mol. The van der Waals surface area contributed by atoms with E-state index in [0.717, 1.165) is 59.5 Å². The lowest BCUT2D eigenvalue weighted by Gasteiger charge is -2.37. The Morgan fingerprint density at radius 2 is 1.86 bits per heavy atom. The molecule has 29 heavy (non-hydrogen) atoms. The molecule has 0 atom stereocenters. The molecule has 2 aliphatic carbocycles. The van der Waals surface area contributed by atoms with E-state index in [1.807, 2.05) is 0 Å². The molecule has 4 rings (SSSR count). The number of hydrogen-bond donors (Lipinski definition) is 2. The molecule has 0 saturated heterocycles. The third-order valence-electron chi connectivity index (χ3n) is 6.49. The molecule has 1 heterocycles. The largest absolute Gasteiger partial charge is 0.399 e. The Kier molecular flexibility index (Phi) is 4.94. The Labute approximate surface area is 172 Å². The van der Waals surface area contributed by atoms with Crippen LogP contribution in [-0.2, 0) is 10.3 Å². The van der Waals surface area contributed by atoms with Crippen molar-refractivity contribution in [2.45, 2.75) is 57.0 Å². The number of hydrogen-bond acceptors (Lipinski definition) is 7. The zero-order chi connectivity index (χ0) is 20.8. The summed E-state index contributed by atoms with van der Waals surface area (Å²) in [4.78, 5) is 16.4. The predicted molar refractivity (Wildman–Crippen MR) is 117 cm³/mol. The monoisotopic (exact) mass is 394 g/mol. The van der Waals surface area contributed by atoms with E-state index in [0.29, 0.717) is 17.9 Å². The molecule has 7 nitrogen and oxygen atoms in total. The first kappa shape index (κ1) is 19.6. The van der Waals surface area contributed by atoms with Gasteiger partial charge in [0.05, 0.1) is 11.4 Å². The number of fused-ring (bicyclic) bond motifs is 3. The third kappa shape index (κ3) is 3.23. The summed E-state index contributed by atoms with van der Waals surface area (Å²) in [7, 11) is 3.74. The fraction of sp³-hybridized carbons (Fsp3) is 0.500. The quantitative estimate of drug-likeness (QED) is 0.776. The van der Waals surface area contributed by atoms with Crippen LogP contribution in [0.2, 0.25) is 0 Å². The van der Waals surface area contributed by atoms with Crippen molar-refractivity contribution < 1.29 is 4.84 Å². The van der Waals surface area contributed by atoms with Gasteiger partial charge in [-0.2, -0.15) is 0 Å². The fourth-order valence-corrected chi connectivity index (χ4v) is 4.78. The zero-order valence-corrected chi connectivity index (χ0v) is 17.6. The highest BCUT2D eigenvalue weighted by Crippen LogP contribution is 2.45. The van der Waals surface area contributed by atoms with E-state index in [1.165, 1.54) is 6.33 Å².